The second kappa shape index (κ2) is 6.46. The first-order valence-electron chi connectivity index (χ1n) is 7.03. The van der Waals surface area contributed by atoms with E-state index in [-0.39, 0.29) is 0 Å². The highest BCUT2D eigenvalue weighted by atomic mass is 16.5. The molecule has 4 heteroatoms. The third kappa shape index (κ3) is 2.79. The number of fused-ring (bicyclic) bond motifs is 1. The Bertz CT molecular complexity index is 597. The maximum Gasteiger partial charge on any atom is 0.170 e. The van der Waals surface area contributed by atoms with Crippen molar-refractivity contribution in [3.63, 3.8) is 0 Å². The molecule has 0 aliphatic carbocycles. The zero-order chi connectivity index (χ0) is 14.5. The van der Waals surface area contributed by atoms with Crippen molar-refractivity contribution in [3.8, 4) is 11.5 Å². The quantitative estimate of drug-likeness (QED) is 0.644. The summed E-state index contributed by atoms with van der Waals surface area (Å²) in [5.41, 5.74) is 8.52. The second-order valence-corrected chi connectivity index (χ2v) is 4.90. The van der Waals surface area contributed by atoms with Gasteiger partial charge >= 0.3 is 0 Å². The average Bonchev–Trinajstić information content (AvgIpc) is 2.45. The molecule has 0 unspecified atom stereocenters. The first kappa shape index (κ1) is 14.4. The van der Waals surface area contributed by atoms with Crippen molar-refractivity contribution in [2.45, 2.75) is 33.1 Å². The van der Waals surface area contributed by atoms with E-state index in [1.807, 2.05) is 13.0 Å². The first-order chi connectivity index (χ1) is 9.69. The van der Waals surface area contributed by atoms with Crippen LogP contribution in [0.3, 0.4) is 0 Å². The number of anilines is 1. The molecule has 0 fully saturated rings. The smallest absolute Gasteiger partial charge is 0.170 e. The number of aryl methyl sites for hydroxylation is 1. The Hall–Kier alpha value is -1.97. The maximum absolute atomic E-state index is 6.05. The van der Waals surface area contributed by atoms with Crippen LogP contribution >= 0.6 is 0 Å². The Balaban J connectivity index is 2.46. The van der Waals surface area contributed by atoms with Gasteiger partial charge in [0.25, 0.3) is 0 Å². The largest absolute Gasteiger partial charge is 0.493 e. The minimum Gasteiger partial charge on any atom is -0.493 e. The SMILES string of the molecule is CCCCCOc1c(OC)cc(N)c2nccc(C)c12. The topological polar surface area (TPSA) is 57.4 Å². The molecule has 1 aromatic heterocycles. The lowest BCUT2D eigenvalue weighted by molar-refractivity contribution is 0.289. The molecule has 1 heterocycles. The third-order valence-electron chi connectivity index (χ3n) is 3.38. The summed E-state index contributed by atoms with van der Waals surface area (Å²) in [5.74, 6) is 1.42. The van der Waals surface area contributed by atoms with Crippen LogP contribution in [-0.4, -0.2) is 18.7 Å². The molecule has 0 aliphatic heterocycles. The van der Waals surface area contributed by atoms with Crippen LogP contribution in [0.4, 0.5) is 5.69 Å². The van der Waals surface area contributed by atoms with Crippen molar-refractivity contribution in [2.75, 3.05) is 19.5 Å². The van der Waals surface area contributed by atoms with E-state index in [2.05, 4.69) is 11.9 Å². The third-order valence-corrected chi connectivity index (χ3v) is 3.38. The highest BCUT2D eigenvalue weighted by Crippen LogP contribution is 2.40. The minimum absolute atomic E-state index is 0.612. The Morgan fingerprint density at radius 2 is 2.10 bits per heavy atom. The lowest BCUT2D eigenvalue weighted by atomic mass is 10.1. The van der Waals surface area contributed by atoms with E-state index in [1.54, 1.807) is 19.4 Å². The number of pyridine rings is 1. The summed E-state index contributed by atoms with van der Waals surface area (Å²) in [6, 6.07) is 3.74. The van der Waals surface area contributed by atoms with Crippen molar-refractivity contribution in [3.05, 3.63) is 23.9 Å². The molecule has 2 N–H and O–H groups in total. The van der Waals surface area contributed by atoms with Gasteiger partial charge in [0.05, 0.1) is 30.3 Å². The van der Waals surface area contributed by atoms with Gasteiger partial charge in [-0.15, -0.1) is 0 Å². The number of hydrogen-bond donors (Lipinski definition) is 1. The lowest BCUT2D eigenvalue weighted by Gasteiger charge is -2.16. The number of benzene rings is 1. The van der Waals surface area contributed by atoms with E-state index < -0.39 is 0 Å². The summed E-state index contributed by atoms with van der Waals surface area (Å²) in [4.78, 5) is 4.36. The van der Waals surface area contributed by atoms with Crippen LogP contribution in [0.5, 0.6) is 11.5 Å². The first-order valence-corrected chi connectivity index (χ1v) is 7.03. The van der Waals surface area contributed by atoms with Gasteiger partial charge in [0.2, 0.25) is 0 Å². The monoisotopic (exact) mass is 274 g/mol. The fourth-order valence-electron chi connectivity index (χ4n) is 2.28. The second-order valence-electron chi connectivity index (χ2n) is 4.90. The minimum atomic E-state index is 0.612. The number of aromatic nitrogens is 1. The highest BCUT2D eigenvalue weighted by molar-refractivity contribution is 5.98. The molecule has 2 aromatic rings. The van der Waals surface area contributed by atoms with E-state index in [4.69, 9.17) is 15.2 Å². The molecular formula is C16H22N2O2. The van der Waals surface area contributed by atoms with Gasteiger partial charge in [0, 0.05) is 12.3 Å². The fourth-order valence-corrected chi connectivity index (χ4v) is 2.28. The molecule has 0 bridgehead atoms. The van der Waals surface area contributed by atoms with Crippen LogP contribution in [0.1, 0.15) is 31.7 Å². The number of ether oxygens (including phenoxy) is 2. The number of rotatable bonds is 6. The number of nitrogens with two attached hydrogens (primary N) is 1. The van der Waals surface area contributed by atoms with Crippen molar-refractivity contribution in [1.29, 1.82) is 0 Å². The van der Waals surface area contributed by atoms with Crippen molar-refractivity contribution in [1.82, 2.24) is 4.98 Å². The Morgan fingerprint density at radius 1 is 1.30 bits per heavy atom. The molecule has 2 rings (SSSR count). The molecule has 0 atom stereocenters. The molecule has 0 amide bonds. The Kier molecular flexibility index (Phi) is 4.66. The predicted molar refractivity (Wildman–Crippen MR) is 82.5 cm³/mol. The molecule has 1 aromatic carbocycles. The molecule has 20 heavy (non-hydrogen) atoms. The average molecular weight is 274 g/mol. The maximum atomic E-state index is 6.05. The van der Waals surface area contributed by atoms with Crippen molar-refractivity contribution < 1.29 is 9.47 Å². The van der Waals surface area contributed by atoms with Crippen LogP contribution in [0.2, 0.25) is 0 Å². The number of nitrogens with zero attached hydrogens (tertiary/aromatic N) is 1. The van der Waals surface area contributed by atoms with Gasteiger partial charge in [-0.25, -0.2) is 0 Å². The molecule has 0 radical (unpaired) electrons. The zero-order valence-electron chi connectivity index (χ0n) is 12.4. The van der Waals surface area contributed by atoms with Crippen molar-refractivity contribution in [2.24, 2.45) is 0 Å². The number of nitrogen functional groups attached to an aromatic ring is 1. The summed E-state index contributed by atoms with van der Waals surface area (Å²) in [6.07, 6.45) is 5.13. The highest BCUT2D eigenvalue weighted by Gasteiger charge is 2.15. The lowest BCUT2D eigenvalue weighted by Crippen LogP contribution is -2.03. The van der Waals surface area contributed by atoms with Crippen LogP contribution in [0.15, 0.2) is 18.3 Å². The molecule has 0 saturated heterocycles. The summed E-state index contributed by atoms with van der Waals surface area (Å²) in [6.45, 7) is 4.88. The van der Waals surface area contributed by atoms with Gasteiger partial charge in [-0.1, -0.05) is 19.8 Å². The standard InChI is InChI=1S/C16H22N2O2/c1-4-5-6-9-20-16-13(19-3)10-12(17)15-14(16)11(2)7-8-18-15/h7-8,10H,4-6,9,17H2,1-3H3. The zero-order valence-corrected chi connectivity index (χ0v) is 12.4. The molecule has 4 nitrogen and oxygen atoms in total. The molecule has 0 saturated carbocycles. The van der Waals surface area contributed by atoms with E-state index in [0.29, 0.717) is 18.0 Å². The fraction of sp³-hybridized carbons (Fsp3) is 0.438. The van der Waals surface area contributed by atoms with Crippen LogP contribution < -0.4 is 15.2 Å². The Morgan fingerprint density at radius 3 is 2.80 bits per heavy atom. The van der Waals surface area contributed by atoms with Gasteiger partial charge < -0.3 is 15.2 Å². The molecule has 0 spiro atoms. The van der Waals surface area contributed by atoms with Gasteiger partial charge in [-0.05, 0) is 25.0 Å². The molecular weight excluding hydrogens is 252 g/mol. The number of unbranched alkanes of at least 4 members (excludes halogenated alkanes) is 2. The molecule has 108 valence electrons. The summed E-state index contributed by atoms with van der Waals surface area (Å²) in [7, 11) is 1.63. The van der Waals surface area contributed by atoms with Gasteiger partial charge in [0.1, 0.15) is 0 Å². The summed E-state index contributed by atoms with van der Waals surface area (Å²) < 4.78 is 11.4. The van der Waals surface area contributed by atoms with Gasteiger partial charge in [-0.3, -0.25) is 4.98 Å². The number of hydrogen-bond acceptors (Lipinski definition) is 4. The van der Waals surface area contributed by atoms with Crippen molar-refractivity contribution >= 4 is 16.6 Å². The Labute approximate surface area is 119 Å². The van der Waals surface area contributed by atoms with Crippen LogP contribution in [-0.2, 0) is 0 Å². The van der Waals surface area contributed by atoms with E-state index in [0.717, 1.165) is 35.1 Å². The van der Waals surface area contributed by atoms with Gasteiger partial charge in [-0.2, -0.15) is 0 Å². The number of methoxy groups -OCH3 is 1. The summed E-state index contributed by atoms with van der Waals surface area (Å²) >= 11 is 0. The van der Waals surface area contributed by atoms with E-state index >= 15 is 0 Å². The normalized spacial score (nSPS) is 10.8. The van der Waals surface area contributed by atoms with E-state index in [9.17, 15) is 0 Å². The van der Waals surface area contributed by atoms with Crippen LogP contribution in [0.25, 0.3) is 10.9 Å². The van der Waals surface area contributed by atoms with Gasteiger partial charge in [0.15, 0.2) is 11.5 Å². The van der Waals surface area contributed by atoms with E-state index in [1.165, 1.54) is 6.42 Å². The predicted octanol–water partition coefficient (Wildman–Crippen LogP) is 3.70. The van der Waals surface area contributed by atoms with Crippen LogP contribution in [0, 0.1) is 6.92 Å². The molecule has 0 aliphatic rings. The summed E-state index contributed by atoms with van der Waals surface area (Å²) in [5, 5.41) is 0.945.